The molecule has 0 heterocycles. The van der Waals surface area contributed by atoms with Gasteiger partial charge in [-0.2, -0.15) is 4.72 Å². The van der Waals surface area contributed by atoms with Crippen molar-refractivity contribution in [3.05, 3.63) is 29.8 Å². The number of rotatable bonds is 6. The predicted molar refractivity (Wildman–Crippen MR) is 66.7 cm³/mol. The summed E-state index contributed by atoms with van der Waals surface area (Å²) in [6.45, 7) is 1.79. The van der Waals surface area contributed by atoms with Gasteiger partial charge >= 0.3 is 5.97 Å². The summed E-state index contributed by atoms with van der Waals surface area (Å²) in [5.74, 6) is -2.37. The van der Waals surface area contributed by atoms with Gasteiger partial charge in [0.25, 0.3) is 0 Å². The van der Waals surface area contributed by atoms with E-state index in [0.29, 0.717) is 0 Å². The second kappa shape index (κ2) is 5.81. The maximum atomic E-state index is 11.9. The molecule has 8 heteroatoms. The van der Waals surface area contributed by atoms with Crippen molar-refractivity contribution < 1.29 is 23.1 Å². The number of carbonyl (C=O) groups is 2. The Kier molecular flexibility index (Phi) is 4.62. The van der Waals surface area contributed by atoms with Crippen LogP contribution in [0.5, 0.6) is 0 Å². The minimum absolute atomic E-state index is 0.0752. The Morgan fingerprint density at radius 2 is 1.84 bits per heavy atom. The quantitative estimate of drug-likeness (QED) is 0.656. The number of aliphatic carboxylic acids is 1. The van der Waals surface area contributed by atoms with Gasteiger partial charge in [0.1, 0.15) is 6.04 Å². The number of primary amides is 1. The standard InChI is InChI=1S/C11H14N2O5S/c1-7-2-4-8(5-3-7)19(17,18)13-9(11(15)16)6-10(12)14/h2-5,9,13H,6H2,1H3,(H2,12,14)(H,15,16)/t9-/m0/s1. The van der Waals surface area contributed by atoms with Gasteiger partial charge in [-0.25, -0.2) is 8.42 Å². The summed E-state index contributed by atoms with van der Waals surface area (Å²) >= 11 is 0. The summed E-state index contributed by atoms with van der Waals surface area (Å²) in [6, 6.07) is 4.28. The van der Waals surface area contributed by atoms with Crippen molar-refractivity contribution in [2.45, 2.75) is 24.3 Å². The fourth-order valence-electron chi connectivity index (χ4n) is 1.35. The second-order valence-electron chi connectivity index (χ2n) is 4.00. The molecule has 0 spiro atoms. The molecular formula is C11H14N2O5S. The summed E-state index contributed by atoms with van der Waals surface area (Å²) in [4.78, 5) is 21.5. The van der Waals surface area contributed by atoms with Gasteiger partial charge in [0.15, 0.2) is 0 Å². The Morgan fingerprint density at radius 1 is 1.32 bits per heavy atom. The summed E-state index contributed by atoms with van der Waals surface area (Å²) in [6.07, 6.45) is -0.611. The van der Waals surface area contributed by atoms with Gasteiger partial charge in [-0.1, -0.05) is 17.7 Å². The molecule has 0 radical (unpaired) electrons. The van der Waals surface area contributed by atoms with E-state index >= 15 is 0 Å². The molecule has 7 nitrogen and oxygen atoms in total. The summed E-state index contributed by atoms with van der Waals surface area (Å²) in [5.41, 5.74) is 5.74. The minimum atomic E-state index is -4.01. The molecule has 19 heavy (non-hydrogen) atoms. The van der Waals surface area contributed by atoms with Crippen molar-refractivity contribution in [1.82, 2.24) is 4.72 Å². The van der Waals surface area contributed by atoms with Crippen molar-refractivity contribution in [3.8, 4) is 0 Å². The summed E-state index contributed by atoms with van der Waals surface area (Å²) < 4.78 is 25.8. The fourth-order valence-corrected chi connectivity index (χ4v) is 2.54. The smallest absolute Gasteiger partial charge is 0.322 e. The number of amides is 1. The first kappa shape index (κ1) is 15.1. The number of hydrogen-bond donors (Lipinski definition) is 3. The summed E-state index contributed by atoms with van der Waals surface area (Å²) in [7, 11) is -4.01. The van der Waals surface area contributed by atoms with Gasteiger partial charge in [-0.3, -0.25) is 9.59 Å². The van der Waals surface area contributed by atoms with E-state index in [1.807, 2.05) is 4.72 Å². The molecule has 0 aliphatic heterocycles. The first-order valence-electron chi connectivity index (χ1n) is 5.32. The Labute approximate surface area is 110 Å². The van der Waals surface area contributed by atoms with E-state index in [1.165, 1.54) is 12.1 Å². The van der Waals surface area contributed by atoms with Gasteiger partial charge in [0.05, 0.1) is 11.3 Å². The lowest BCUT2D eigenvalue weighted by Crippen LogP contribution is -2.43. The number of sulfonamides is 1. The van der Waals surface area contributed by atoms with E-state index in [-0.39, 0.29) is 4.90 Å². The Balaban J connectivity index is 2.97. The number of nitrogens with two attached hydrogens (primary N) is 1. The molecule has 0 saturated heterocycles. The van der Waals surface area contributed by atoms with Gasteiger partial charge in [-0.15, -0.1) is 0 Å². The van der Waals surface area contributed by atoms with Crippen LogP contribution in [0.25, 0.3) is 0 Å². The van der Waals surface area contributed by atoms with E-state index in [4.69, 9.17) is 10.8 Å². The molecule has 0 aromatic heterocycles. The number of benzene rings is 1. The molecule has 1 aromatic rings. The number of hydrogen-bond acceptors (Lipinski definition) is 4. The van der Waals surface area contributed by atoms with Crippen molar-refractivity contribution >= 4 is 21.9 Å². The van der Waals surface area contributed by atoms with Crippen LogP contribution in [0.1, 0.15) is 12.0 Å². The highest BCUT2D eigenvalue weighted by atomic mass is 32.2. The van der Waals surface area contributed by atoms with Crippen LogP contribution in [0, 0.1) is 6.92 Å². The first-order chi connectivity index (χ1) is 8.72. The highest BCUT2D eigenvalue weighted by Gasteiger charge is 2.26. The number of carboxylic acids is 1. The van der Waals surface area contributed by atoms with Crippen LogP contribution in [-0.2, 0) is 19.6 Å². The van der Waals surface area contributed by atoms with Crippen LogP contribution < -0.4 is 10.5 Å². The van der Waals surface area contributed by atoms with E-state index in [2.05, 4.69) is 0 Å². The van der Waals surface area contributed by atoms with E-state index in [9.17, 15) is 18.0 Å². The lowest BCUT2D eigenvalue weighted by Gasteiger charge is -2.13. The van der Waals surface area contributed by atoms with Gasteiger partial charge in [-0.05, 0) is 19.1 Å². The zero-order valence-electron chi connectivity index (χ0n) is 10.2. The van der Waals surface area contributed by atoms with Gasteiger partial charge < -0.3 is 10.8 Å². The van der Waals surface area contributed by atoms with Crippen LogP contribution in [-0.4, -0.2) is 31.4 Å². The Morgan fingerprint density at radius 3 is 2.26 bits per heavy atom. The maximum absolute atomic E-state index is 11.9. The molecule has 0 bridgehead atoms. The monoisotopic (exact) mass is 286 g/mol. The molecule has 1 amide bonds. The summed E-state index contributed by atoms with van der Waals surface area (Å²) in [5, 5.41) is 8.84. The zero-order valence-corrected chi connectivity index (χ0v) is 11.0. The molecule has 0 fully saturated rings. The number of aryl methyl sites for hydroxylation is 1. The molecule has 0 unspecified atom stereocenters. The van der Waals surface area contributed by atoms with Crippen LogP contribution in [0.2, 0.25) is 0 Å². The minimum Gasteiger partial charge on any atom is -0.480 e. The largest absolute Gasteiger partial charge is 0.480 e. The normalized spacial score (nSPS) is 12.9. The lowest BCUT2D eigenvalue weighted by atomic mass is 10.2. The molecule has 4 N–H and O–H groups in total. The average Bonchev–Trinajstić information content (AvgIpc) is 2.27. The molecule has 1 rings (SSSR count). The third-order valence-corrected chi connectivity index (χ3v) is 3.82. The predicted octanol–water partition coefficient (Wildman–Crippen LogP) is -0.398. The third kappa shape index (κ3) is 4.34. The van der Waals surface area contributed by atoms with Crippen LogP contribution >= 0.6 is 0 Å². The average molecular weight is 286 g/mol. The molecular weight excluding hydrogens is 272 g/mol. The van der Waals surface area contributed by atoms with E-state index in [1.54, 1.807) is 19.1 Å². The van der Waals surface area contributed by atoms with Crippen LogP contribution in [0.4, 0.5) is 0 Å². The van der Waals surface area contributed by atoms with Crippen molar-refractivity contribution in [2.75, 3.05) is 0 Å². The molecule has 0 aliphatic carbocycles. The van der Waals surface area contributed by atoms with Crippen molar-refractivity contribution in [2.24, 2.45) is 5.73 Å². The first-order valence-corrected chi connectivity index (χ1v) is 6.81. The molecule has 1 aromatic carbocycles. The van der Waals surface area contributed by atoms with Gasteiger partial charge in [0.2, 0.25) is 15.9 Å². The van der Waals surface area contributed by atoms with E-state index in [0.717, 1.165) is 5.56 Å². The van der Waals surface area contributed by atoms with Crippen LogP contribution in [0.15, 0.2) is 29.2 Å². The highest BCUT2D eigenvalue weighted by molar-refractivity contribution is 7.89. The number of carbonyl (C=O) groups excluding carboxylic acids is 1. The molecule has 0 saturated carbocycles. The Hall–Kier alpha value is -1.93. The molecule has 104 valence electrons. The Bertz CT molecular complexity index is 580. The lowest BCUT2D eigenvalue weighted by molar-refractivity contribution is -0.140. The van der Waals surface area contributed by atoms with Crippen LogP contribution in [0.3, 0.4) is 0 Å². The third-order valence-electron chi connectivity index (χ3n) is 2.33. The topological polar surface area (TPSA) is 127 Å². The second-order valence-corrected chi connectivity index (χ2v) is 5.71. The van der Waals surface area contributed by atoms with Crippen molar-refractivity contribution in [3.63, 3.8) is 0 Å². The maximum Gasteiger partial charge on any atom is 0.322 e. The molecule has 1 atom stereocenters. The zero-order chi connectivity index (χ0) is 14.6. The van der Waals surface area contributed by atoms with Crippen molar-refractivity contribution in [1.29, 1.82) is 0 Å². The fraction of sp³-hybridized carbons (Fsp3) is 0.273. The van der Waals surface area contributed by atoms with Gasteiger partial charge in [0, 0.05) is 0 Å². The number of carboxylic acid groups (broad SMARTS) is 1. The molecule has 0 aliphatic rings. The SMILES string of the molecule is Cc1ccc(S(=O)(=O)N[C@@H](CC(N)=O)C(=O)O)cc1. The number of nitrogens with one attached hydrogen (secondary N) is 1. The van der Waals surface area contributed by atoms with E-state index < -0.39 is 34.4 Å². The highest BCUT2D eigenvalue weighted by Crippen LogP contribution is 2.11.